The lowest BCUT2D eigenvalue weighted by Crippen LogP contribution is -2.48. The lowest BCUT2D eigenvalue weighted by molar-refractivity contribution is -0.132. The molecule has 8 nitrogen and oxygen atoms in total. The summed E-state index contributed by atoms with van der Waals surface area (Å²) in [6.45, 7) is 0. The van der Waals surface area contributed by atoms with Crippen molar-refractivity contribution < 1.29 is 19.4 Å². The number of hydrazine groups is 1. The number of thioether (sulfide) groups is 1. The van der Waals surface area contributed by atoms with Gasteiger partial charge in [0.1, 0.15) is 5.70 Å². The van der Waals surface area contributed by atoms with Gasteiger partial charge < -0.3 is 9.84 Å². The molecule has 0 aliphatic carbocycles. The van der Waals surface area contributed by atoms with Gasteiger partial charge in [0.2, 0.25) is 5.91 Å². The number of methoxy groups -OCH3 is 1. The van der Waals surface area contributed by atoms with Gasteiger partial charge in [0.25, 0.3) is 5.91 Å². The molecule has 0 fully saturated rings. The van der Waals surface area contributed by atoms with Gasteiger partial charge in [-0.2, -0.15) is 5.01 Å². The highest BCUT2D eigenvalue weighted by atomic mass is 32.2. The van der Waals surface area contributed by atoms with Crippen LogP contribution in [-0.4, -0.2) is 45.6 Å². The fourth-order valence-electron chi connectivity index (χ4n) is 3.54. The summed E-state index contributed by atoms with van der Waals surface area (Å²) in [5.74, 6) is -0.164. The number of benzene rings is 3. The molecule has 2 amide bonds. The number of hydrogen-bond donors (Lipinski definition) is 2. The second kappa shape index (κ2) is 10.2. The first-order valence-electron chi connectivity index (χ1n) is 10.9. The molecule has 3 aromatic carbocycles. The van der Waals surface area contributed by atoms with Crippen LogP contribution >= 0.6 is 23.1 Å². The Labute approximate surface area is 214 Å². The Morgan fingerprint density at radius 2 is 1.92 bits per heavy atom. The maximum absolute atomic E-state index is 13.3. The van der Waals surface area contributed by atoms with Gasteiger partial charge in [-0.05, 0) is 35.9 Å². The van der Waals surface area contributed by atoms with Crippen molar-refractivity contribution in [2.45, 2.75) is 4.34 Å². The number of para-hydroxylation sites is 1. The van der Waals surface area contributed by atoms with Gasteiger partial charge in [0, 0.05) is 5.56 Å². The molecule has 0 bridgehead atoms. The monoisotopic (exact) mass is 516 g/mol. The van der Waals surface area contributed by atoms with Crippen molar-refractivity contribution in [3.63, 3.8) is 0 Å². The standard InChI is InChI=1S/C26H20N4O4S2/c1-34-21-14-16(11-12-20(21)31)13-19-25(33)30(24(27-19)17-7-3-2-4-8-17)29-23(32)15-35-26-28-18-9-5-6-10-22(18)36-26/h2-14,31H,15H2,1H3,(H,29,32)/b19-13-. The van der Waals surface area contributed by atoms with Gasteiger partial charge in [0.05, 0.1) is 23.1 Å². The Balaban J connectivity index is 1.37. The topological polar surface area (TPSA) is 104 Å². The highest BCUT2D eigenvalue weighted by molar-refractivity contribution is 8.01. The number of thiazole rings is 1. The molecule has 0 saturated carbocycles. The third kappa shape index (κ3) is 4.95. The first-order valence-corrected chi connectivity index (χ1v) is 12.7. The second-order valence-electron chi connectivity index (χ2n) is 7.67. The van der Waals surface area contributed by atoms with Crippen LogP contribution in [0.2, 0.25) is 0 Å². The first kappa shape index (κ1) is 23.6. The Bertz CT molecular complexity index is 1480. The van der Waals surface area contributed by atoms with E-state index in [0.717, 1.165) is 14.6 Å². The fourth-order valence-corrected chi connectivity index (χ4v) is 5.40. The van der Waals surface area contributed by atoms with Gasteiger partial charge in [-0.15, -0.1) is 11.3 Å². The van der Waals surface area contributed by atoms with Crippen molar-refractivity contribution in [3.05, 3.63) is 89.6 Å². The van der Waals surface area contributed by atoms with Crippen molar-refractivity contribution in [1.29, 1.82) is 0 Å². The number of aromatic nitrogens is 1. The number of aliphatic imine (C=N–C) groups is 1. The van der Waals surface area contributed by atoms with Crippen LogP contribution in [-0.2, 0) is 9.59 Å². The summed E-state index contributed by atoms with van der Waals surface area (Å²) in [6.07, 6.45) is 1.58. The summed E-state index contributed by atoms with van der Waals surface area (Å²) >= 11 is 2.83. The zero-order valence-corrected chi connectivity index (χ0v) is 20.7. The van der Waals surface area contributed by atoms with Crippen LogP contribution < -0.4 is 10.2 Å². The predicted molar refractivity (Wildman–Crippen MR) is 141 cm³/mol. The van der Waals surface area contributed by atoms with Gasteiger partial charge >= 0.3 is 0 Å². The van der Waals surface area contributed by atoms with Crippen LogP contribution in [0.25, 0.3) is 16.3 Å². The minimum Gasteiger partial charge on any atom is -0.504 e. The molecule has 2 N–H and O–H groups in total. The van der Waals surface area contributed by atoms with E-state index in [1.807, 2.05) is 54.6 Å². The predicted octanol–water partition coefficient (Wildman–Crippen LogP) is 4.46. The van der Waals surface area contributed by atoms with Crippen LogP contribution in [0.15, 0.2) is 87.8 Å². The van der Waals surface area contributed by atoms with Gasteiger partial charge in [-0.25, -0.2) is 9.98 Å². The molecule has 36 heavy (non-hydrogen) atoms. The highest BCUT2D eigenvalue weighted by Gasteiger charge is 2.32. The Kier molecular flexibility index (Phi) is 6.70. The van der Waals surface area contributed by atoms with Crippen molar-refractivity contribution in [2.24, 2.45) is 4.99 Å². The minimum atomic E-state index is -0.473. The number of amidine groups is 1. The third-order valence-electron chi connectivity index (χ3n) is 5.24. The lowest BCUT2D eigenvalue weighted by Gasteiger charge is -2.19. The molecule has 10 heteroatoms. The number of hydrogen-bond acceptors (Lipinski definition) is 8. The van der Waals surface area contributed by atoms with E-state index >= 15 is 0 Å². The molecule has 0 saturated heterocycles. The molecule has 1 aromatic heterocycles. The molecule has 0 spiro atoms. The number of rotatable bonds is 7. The number of phenolic OH excluding ortho intramolecular Hbond substituents is 1. The number of aromatic hydroxyl groups is 1. The fraction of sp³-hybridized carbons (Fsp3) is 0.0769. The summed E-state index contributed by atoms with van der Waals surface area (Å²) < 4.78 is 6.98. The highest BCUT2D eigenvalue weighted by Crippen LogP contribution is 2.30. The summed E-state index contributed by atoms with van der Waals surface area (Å²) in [4.78, 5) is 35.1. The molecule has 4 aromatic rings. The van der Waals surface area contributed by atoms with E-state index < -0.39 is 5.91 Å². The number of carbonyl (C=O) groups excluding carboxylic acids is 2. The van der Waals surface area contributed by atoms with Crippen LogP contribution in [0.4, 0.5) is 0 Å². The lowest BCUT2D eigenvalue weighted by atomic mass is 10.1. The number of nitrogens with zero attached hydrogens (tertiary/aromatic N) is 3. The zero-order chi connectivity index (χ0) is 25.1. The molecular weight excluding hydrogens is 496 g/mol. The van der Waals surface area contributed by atoms with Crippen LogP contribution in [0.3, 0.4) is 0 Å². The molecule has 1 aliphatic heterocycles. The number of carbonyl (C=O) groups is 2. The quantitative estimate of drug-likeness (QED) is 0.278. The van der Waals surface area contributed by atoms with E-state index in [4.69, 9.17) is 4.74 Å². The summed E-state index contributed by atoms with van der Waals surface area (Å²) in [5.41, 5.74) is 5.01. The van der Waals surface area contributed by atoms with Crippen LogP contribution in [0.1, 0.15) is 11.1 Å². The second-order valence-corrected chi connectivity index (χ2v) is 9.93. The number of ether oxygens (including phenoxy) is 1. The summed E-state index contributed by atoms with van der Waals surface area (Å²) in [5, 5.41) is 11.0. The maximum Gasteiger partial charge on any atom is 0.297 e. The van der Waals surface area contributed by atoms with Crippen molar-refractivity contribution in [1.82, 2.24) is 15.4 Å². The van der Waals surface area contributed by atoms with Gasteiger partial charge in [-0.3, -0.25) is 15.0 Å². The zero-order valence-electron chi connectivity index (χ0n) is 19.0. The van der Waals surface area contributed by atoms with E-state index in [2.05, 4.69) is 15.4 Å². The third-order valence-corrected chi connectivity index (χ3v) is 7.42. The Hall–Kier alpha value is -4.15. The van der Waals surface area contributed by atoms with Crippen LogP contribution in [0, 0.1) is 0 Å². The molecular formula is C26H20N4O4S2. The smallest absolute Gasteiger partial charge is 0.297 e. The number of amides is 2. The molecule has 5 rings (SSSR count). The molecule has 180 valence electrons. The molecule has 1 aliphatic rings. The van der Waals surface area contributed by atoms with Crippen LogP contribution in [0.5, 0.6) is 11.5 Å². The van der Waals surface area contributed by atoms with E-state index in [9.17, 15) is 14.7 Å². The molecule has 2 heterocycles. The van der Waals surface area contributed by atoms with Crippen molar-refractivity contribution >= 4 is 57.0 Å². The first-order chi connectivity index (χ1) is 17.5. The van der Waals surface area contributed by atoms with Crippen molar-refractivity contribution in [3.8, 4) is 11.5 Å². The molecule has 0 atom stereocenters. The van der Waals surface area contributed by atoms with Crippen molar-refractivity contribution in [2.75, 3.05) is 12.9 Å². The minimum absolute atomic E-state index is 0.00890. The summed E-state index contributed by atoms with van der Waals surface area (Å²) in [7, 11) is 1.45. The normalized spacial score (nSPS) is 14.4. The van der Waals surface area contributed by atoms with Gasteiger partial charge in [0.15, 0.2) is 21.7 Å². The Morgan fingerprint density at radius 1 is 1.14 bits per heavy atom. The number of nitrogens with one attached hydrogen (secondary N) is 1. The van der Waals surface area contributed by atoms with E-state index in [-0.39, 0.29) is 28.9 Å². The molecule has 0 unspecified atom stereocenters. The number of phenols is 1. The summed E-state index contributed by atoms with van der Waals surface area (Å²) in [6, 6.07) is 21.7. The largest absolute Gasteiger partial charge is 0.504 e. The average molecular weight is 517 g/mol. The van der Waals surface area contributed by atoms with E-state index in [0.29, 0.717) is 17.0 Å². The Morgan fingerprint density at radius 3 is 2.69 bits per heavy atom. The molecule has 0 radical (unpaired) electrons. The SMILES string of the molecule is COc1cc(/C=C2\N=C(c3ccccc3)N(NC(=O)CSc3nc4ccccc4s3)C2=O)ccc1O. The average Bonchev–Trinajstić information content (AvgIpc) is 3.45. The number of fused-ring (bicyclic) bond motifs is 1. The van der Waals surface area contributed by atoms with E-state index in [1.54, 1.807) is 18.2 Å². The van der Waals surface area contributed by atoms with E-state index in [1.165, 1.54) is 41.3 Å². The maximum atomic E-state index is 13.3. The van der Waals surface area contributed by atoms with Gasteiger partial charge in [-0.1, -0.05) is 60.3 Å².